The lowest BCUT2D eigenvalue weighted by atomic mass is 10.1. The van der Waals surface area contributed by atoms with Crippen LogP contribution in [0, 0.1) is 0 Å². The van der Waals surface area contributed by atoms with Crippen LogP contribution in [0.5, 0.6) is 0 Å². The lowest BCUT2D eigenvalue weighted by molar-refractivity contribution is -0.183. The molecule has 1 saturated heterocycles. The number of benzene rings is 1. The van der Waals surface area contributed by atoms with Crippen LogP contribution >= 0.6 is 24.8 Å². The number of pyridine rings is 2. The van der Waals surface area contributed by atoms with E-state index in [-0.39, 0.29) is 72.2 Å². The Bertz CT molecular complexity index is 1370. The zero-order valence-corrected chi connectivity index (χ0v) is 19.9. The minimum atomic E-state index is -4.54. The first-order valence-electron chi connectivity index (χ1n) is 10.4. The summed E-state index contributed by atoms with van der Waals surface area (Å²) < 4.78 is 82.7. The van der Waals surface area contributed by atoms with E-state index in [0.29, 0.717) is 11.8 Å². The average molecular weight is 553 g/mol. The Morgan fingerprint density at radius 2 is 1.67 bits per heavy atom. The van der Waals surface area contributed by atoms with Crippen molar-refractivity contribution in [2.75, 3.05) is 13.1 Å². The topological polar surface area (TPSA) is 72.3 Å². The molecule has 2 atom stereocenters. The van der Waals surface area contributed by atoms with Gasteiger partial charge in [-0.15, -0.1) is 35.0 Å². The van der Waals surface area contributed by atoms with Crippen LogP contribution in [0.1, 0.15) is 23.6 Å². The van der Waals surface area contributed by atoms with Gasteiger partial charge in [-0.1, -0.05) is 18.2 Å². The van der Waals surface area contributed by atoms with Crippen LogP contribution < -0.4 is 5.73 Å². The molecule has 36 heavy (non-hydrogen) atoms. The third-order valence-electron chi connectivity index (χ3n) is 5.92. The van der Waals surface area contributed by atoms with Crippen molar-refractivity contribution < 1.29 is 26.3 Å². The molecule has 4 heterocycles. The molecule has 0 bridgehead atoms. The first kappa shape index (κ1) is 27.9. The van der Waals surface area contributed by atoms with Gasteiger partial charge in [0, 0.05) is 30.7 Å². The van der Waals surface area contributed by atoms with Gasteiger partial charge >= 0.3 is 12.4 Å². The number of likely N-dealkylation sites (tertiary alicyclic amines) is 1. The molecule has 1 aliphatic heterocycles. The second-order valence-corrected chi connectivity index (χ2v) is 8.30. The third kappa shape index (κ3) is 5.22. The second kappa shape index (κ2) is 10.0. The standard InChI is InChI=1S/C22H18F6N6.2ClH/c23-21(24,25)14-4-1-12-2-5-16(30-17(12)9-14)20-32-31-18-6-3-13(10-34(18)20)19(22(26,27)28)33-8-7-15(29)11-33;;/h1-6,9-10,15,19H,7-8,11,29H2;2*1H/t15-,19?;;/m0../s1. The fourth-order valence-electron chi connectivity index (χ4n) is 4.32. The number of alkyl halides is 6. The van der Waals surface area contributed by atoms with Crippen LogP contribution in [-0.4, -0.2) is 49.8 Å². The molecule has 0 aliphatic carbocycles. The minimum Gasteiger partial charge on any atom is -0.326 e. The summed E-state index contributed by atoms with van der Waals surface area (Å²) in [6, 6.07) is 6.88. The molecule has 1 unspecified atom stereocenters. The van der Waals surface area contributed by atoms with Crippen LogP contribution in [0.4, 0.5) is 26.3 Å². The SMILES string of the molecule is Cl.Cl.N[C@H]1CCN(C(c2ccc3nnc(-c4ccc5ccc(C(F)(F)F)cc5n4)n3c2)C(F)(F)F)C1. The summed E-state index contributed by atoms with van der Waals surface area (Å²) >= 11 is 0. The maximum atomic E-state index is 14.0. The molecule has 0 amide bonds. The van der Waals surface area contributed by atoms with Crippen LogP contribution in [0.25, 0.3) is 28.1 Å². The fourth-order valence-corrected chi connectivity index (χ4v) is 4.32. The van der Waals surface area contributed by atoms with Gasteiger partial charge < -0.3 is 5.73 Å². The highest BCUT2D eigenvalue weighted by molar-refractivity contribution is 5.85. The highest BCUT2D eigenvalue weighted by Crippen LogP contribution is 2.39. The second-order valence-electron chi connectivity index (χ2n) is 8.30. The number of hydrogen-bond donors (Lipinski definition) is 1. The number of nitrogens with zero attached hydrogens (tertiary/aromatic N) is 5. The molecule has 194 valence electrons. The van der Waals surface area contributed by atoms with E-state index in [9.17, 15) is 26.3 Å². The summed E-state index contributed by atoms with van der Waals surface area (Å²) in [6.07, 6.45) is -7.31. The molecule has 0 radical (unpaired) electrons. The van der Waals surface area contributed by atoms with E-state index in [2.05, 4.69) is 15.2 Å². The molecule has 14 heteroatoms. The van der Waals surface area contributed by atoms with E-state index in [1.54, 1.807) is 12.1 Å². The minimum absolute atomic E-state index is 0. The van der Waals surface area contributed by atoms with Crippen LogP contribution in [0.3, 0.4) is 0 Å². The number of aromatic nitrogens is 4. The molecular weight excluding hydrogens is 533 g/mol. The molecule has 3 aromatic heterocycles. The molecule has 1 fully saturated rings. The van der Waals surface area contributed by atoms with E-state index in [0.717, 1.165) is 12.1 Å². The molecule has 1 aliphatic rings. The molecule has 1 aromatic carbocycles. The summed E-state index contributed by atoms with van der Waals surface area (Å²) in [7, 11) is 0. The Morgan fingerprint density at radius 3 is 2.31 bits per heavy atom. The highest BCUT2D eigenvalue weighted by Gasteiger charge is 2.46. The molecule has 0 saturated carbocycles. The molecular formula is C22H20Cl2F6N6. The number of nitrogens with two attached hydrogens (primary N) is 1. The van der Waals surface area contributed by atoms with Crippen molar-refractivity contribution in [3.8, 4) is 11.5 Å². The van der Waals surface area contributed by atoms with E-state index in [4.69, 9.17) is 5.73 Å². The first-order chi connectivity index (χ1) is 16.0. The number of halogens is 8. The number of fused-ring (bicyclic) bond motifs is 2. The van der Waals surface area contributed by atoms with Gasteiger partial charge in [0.15, 0.2) is 11.5 Å². The Balaban J connectivity index is 0.00000180. The van der Waals surface area contributed by atoms with E-state index >= 15 is 0 Å². The fraction of sp³-hybridized carbons (Fsp3) is 0.318. The average Bonchev–Trinajstić information content (AvgIpc) is 3.37. The molecule has 5 rings (SSSR count). The Labute approximate surface area is 213 Å². The molecule has 2 N–H and O–H groups in total. The predicted molar refractivity (Wildman–Crippen MR) is 126 cm³/mol. The van der Waals surface area contributed by atoms with Crippen molar-refractivity contribution in [3.63, 3.8) is 0 Å². The van der Waals surface area contributed by atoms with Gasteiger partial charge in [-0.25, -0.2) is 4.98 Å². The monoisotopic (exact) mass is 552 g/mol. The quantitative estimate of drug-likeness (QED) is 0.342. The van der Waals surface area contributed by atoms with E-state index in [1.807, 2.05) is 0 Å². The first-order valence-corrected chi connectivity index (χ1v) is 10.4. The summed E-state index contributed by atoms with van der Waals surface area (Å²) in [4.78, 5) is 5.57. The van der Waals surface area contributed by atoms with Crippen molar-refractivity contribution in [1.29, 1.82) is 0 Å². The zero-order valence-electron chi connectivity index (χ0n) is 18.3. The summed E-state index contributed by atoms with van der Waals surface area (Å²) in [5.74, 6) is 0.121. The van der Waals surface area contributed by atoms with Gasteiger partial charge in [0.05, 0.1) is 11.1 Å². The largest absolute Gasteiger partial charge is 0.416 e. The van der Waals surface area contributed by atoms with Crippen LogP contribution in [0.2, 0.25) is 0 Å². The Kier molecular flexibility index (Phi) is 7.75. The number of hydrogen-bond acceptors (Lipinski definition) is 5. The van der Waals surface area contributed by atoms with Crippen molar-refractivity contribution in [2.24, 2.45) is 5.73 Å². The summed E-state index contributed by atoms with van der Waals surface area (Å²) in [5.41, 5.74) is 5.51. The molecule has 6 nitrogen and oxygen atoms in total. The maximum Gasteiger partial charge on any atom is 0.416 e. The van der Waals surface area contributed by atoms with Gasteiger partial charge in [-0.2, -0.15) is 26.3 Å². The van der Waals surface area contributed by atoms with Crippen molar-refractivity contribution in [3.05, 3.63) is 59.8 Å². The highest BCUT2D eigenvalue weighted by atomic mass is 35.5. The van der Waals surface area contributed by atoms with Crippen molar-refractivity contribution >= 4 is 41.4 Å². The zero-order chi connectivity index (χ0) is 24.3. The van der Waals surface area contributed by atoms with Crippen molar-refractivity contribution in [2.45, 2.75) is 30.9 Å². The third-order valence-corrected chi connectivity index (χ3v) is 5.92. The summed E-state index contributed by atoms with van der Waals surface area (Å²) in [5, 5.41) is 8.49. The Hall–Kier alpha value is -2.67. The lowest BCUT2D eigenvalue weighted by Gasteiger charge is -2.30. The van der Waals surface area contributed by atoms with Crippen LogP contribution in [0.15, 0.2) is 48.7 Å². The predicted octanol–water partition coefficient (Wildman–Crippen LogP) is 5.44. The van der Waals surface area contributed by atoms with E-state index in [1.165, 1.54) is 33.7 Å². The van der Waals surface area contributed by atoms with Crippen molar-refractivity contribution in [1.82, 2.24) is 24.5 Å². The normalized spacial score (nSPS) is 17.7. The lowest BCUT2D eigenvalue weighted by Crippen LogP contribution is -2.38. The maximum absolute atomic E-state index is 14.0. The Morgan fingerprint density at radius 1 is 0.944 bits per heavy atom. The summed E-state index contributed by atoms with van der Waals surface area (Å²) in [6.45, 7) is 0.331. The molecule has 0 spiro atoms. The van der Waals surface area contributed by atoms with Gasteiger partial charge in [0.2, 0.25) is 0 Å². The smallest absolute Gasteiger partial charge is 0.326 e. The van der Waals surface area contributed by atoms with Gasteiger partial charge in [0.25, 0.3) is 0 Å². The van der Waals surface area contributed by atoms with Gasteiger partial charge in [-0.3, -0.25) is 9.30 Å². The number of rotatable bonds is 3. The van der Waals surface area contributed by atoms with Gasteiger partial charge in [-0.05, 0) is 36.2 Å². The van der Waals surface area contributed by atoms with Gasteiger partial charge in [0.1, 0.15) is 11.7 Å². The van der Waals surface area contributed by atoms with E-state index < -0.39 is 24.0 Å². The molecule has 4 aromatic rings. The van der Waals surface area contributed by atoms with Crippen LogP contribution in [-0.2, 0) is 6.18 Å².